The lowest BCUT2D eigenvalue weighted by molar-refractivity contribution is 1.09. The topological polar surface area (TPSA) is 0 Å². The first kappa shape index (κ1) is 41.6. The number of fused-ring (bicyclic) bond motifs is 2. The smallest absolute Gasteiger partial charge is 0.0184 e. The van der Waals surface area contributed by atoms with Gasteiger partial charge in [0, 0.05) is 0 Å². The van der Waals surface area contributed by atoms with Crippen LogP contribution in [0, 0.1) is 0 Å². The van der Waals surface area contributed by atoms with Crippen LogP contribution >= 0.6 is 0 Å². The third kappa shape index (κ3) is 21.3. The fourth-order valence-electron chi connectivity index (χ4n) is 2.27. The monoisotopic (exact) mass is 466 g/mol. The molecule has 0 aliphatic rings. The normalized spacial score (nSPS) is 7.29. The maximum atomic E-state index is 2.12. The van der Waals surface area contributed by atoms with Crippen molar-refractivity contribution in [1.29, 1.82) is 0 Å². The second-order valence-corrected chi connectivity index (χ2v) is 5.40. The van der Waals surface area contributed by atoms with Crippen LogP contribution in [0.2, 0.25) is 0 Å². The Balaban J connectivity index is -0.000000110. The van der Waals surface area contributed by atoms with Crippen LogP contribution in [0.15, 0.2) is 97.1 Å². The van der Waals surface area contributed by atoms with Crippen LogP contribution in [0.1, 0.15) is 96.9 Å². The minimum Gasteiger partial charge on any atom is -0.0776 e. The second kappa shape index (κ2) is 37.7. The van der Waals surface area contributed by atoms with E-state index in [9.17, 15) is 0 Å². The Morgan fingerprint density at radius 2 is 0.412 bits per heavy atom. The van der Waals surface area contributed by atoms with Crippen LogP contribution in [0.25, 0.3) is 21.5 Å². The Morgan fingerprint density at radius 3 is 0.500 bits per heavy atom. The van der Waals surface area contributed by atoms with E-state index >= 15 is 0 Å². The molecule has 0 heteroatoms. The van der Waals surface area contributed by atoms with Crippen molar-refractivity contribution in [2.24, 2.45) is 0 Å². The summed E-state index contributed by atoms with van der Waals surface area (Å²) in [6.07, 6.45) is 1.25. The van der Waals surface area contributed by atoms with Crippen molar-refractivity contribution in [3.8, 4) is 0 Å². The van der Waals surface area contributed by atoms with Crippen LogP contribution in [-0.4, -0.2) is 0 Å². The molecule has 0 nitrogen and oxygen atoms in total. The van der Waals surface area contributed by atoms with Crippen molar-refractivity contribution in [3.05, 3.63) is 97.1 Å². The Hall–Kier alpha value is -2.60. The van der Waals surface area contributed by atoms with E-state index in [2.05, 4.69) is 111 Å². The molecule has 0 unspecified atom stereocenters. The molecule has 0 spiro atoms. The molecule has 4 aromatic carbocycles. The molecule has 0 atom stereocenters. The summed E-state index contributed by atoms with van der Waals surface area (Å²) in [6, 6.07) is 33.4. The maximum Gasteiger partial charge on any atom is -0.0184 e. The van der Waals surface area contributed by atoms with E-state index in [4.69, 9.17) is 0 Å². The zero-order chi connectivity index (χ0) is 26.3. The van der Waals surface area contributed by atoms with E-state index < -0.39 is 0 Å². The van der Waals surface area contributed by atoms with Gasteiger partial charge in [0.05, 0.1) is 0 Å². The largest absolute Gasteiger partial charge is 0.0776 e. The van der Waals surface area contributed by atoms with E-state index in [0.29, 0.717) is 0 Å². The molecule has 4 rings (SSSR count). The standard InChI is InChI=1S/2C10H8.C3H8.5C2H6.CH4/c2*1-2-6-10-8-4-3-7-9(10)5-1;1-3-2;5*1-2;/h2*1-8H;3H2,1-2H3;5*1-2H3;1H4. The summed E-state index contributed by atoms with van der Waals surface area (Å²) in [5.74, 6) is 0. The van der Waals surface area contributed by atoms with Gasteiger partial charge in [-0.1, -0.05) is 194 Å². The van der Waals surface area contributed by atoms with E-state index in [1.807, 2.05) is 69.2 Å². The average molecular weight is 467 g/mol. The zero-order valence-corrected chi connectivity index (χ0v) is 23.9. The van der Waals surface area contributed by atoms with E-state index in [0.717, 1.165) is 0 Å². The van der Waals surface area contributed by atoms with Gasteiger partial charge in [-0.05, 0) is 21.5 Å². The van der Waals surface area contributed by atoms with Gasteiger partial charge in [0.25, 0.3) is 0 Å². The van der Waals surface area contributed by atoms with Gasteiger partial charge < -0.3 is 0 Å². The Kier molecular flexibility index (Phi) is 46.2. The molecule has 194 valence electrons. The number of hydrogen-bond acceptors (Lipinski definition) is 0. The fraction of sp³-hybridized carbons (Fsp3) is 0.412. The molecule has 0 saturated heterocycles. The third-order valence-electron chi connectivity index (χ3n) is 3.32. The molecule has 34 heavy (non-hydrogen) atoms. The highest BCUT2D eigenvalue weighted by atomic mass is 13.9. The summed E-state index contributed by atoms with van der Waals surface area (Å²) in [4.78, 5) is 0. The van der Waals surface area contributed by atoms with Crippen molar-refractivity contribution >= 4 is 21.5 Å². The molecule has 0 saturated carbocycles. The van der Waals surface area contributed by atoms with Crippen molar-refractivity contribution in [1.82, 2.24) is 0 Å². The molecule has 0 fully saturated rings. The summed E-state index contributed by atoms with van der Waals surface area (Å²) in [5, 5.41) is 5.24. The molecule has 0 aliphatic heterocycles. The van der Waals surface area contributed by atoms with Gasteiger partial charge in [-0.15, -0.1) is 0 Å². The van der Waals surface area contributed by atoms with Gasteiger partial charge in [0.1, 0.15) is 0 Å². The lowest BCUT2D eigenvalue weighted by Crippen LogP contribution is -1.67. The first-order valence-corrected chi connectivity index (χ1v) is 13.2. The lowest BCUT2D eigenvalue weighted by Gasteiger charge is -1.92. The predicted octanol–water partition coefficient (Wildman–Crippen LogP) is 12.9. The molecule has 0 bridgehead atoms. The Bertz CT molecular complexity index is 628. The number of rotatable bonds is 0. The average Bonchev–Trinajstić information content (AvgIpc) is 2.95. The summed E-state index contributed by atoms with van der Waals surface area (Å²) in [7, 11) is 0. The van der Waals surface area contributed by atoms with Crippen molar-refractivity contribution in [3.63, 3.8) is 0 Å². The molecular weight excluding hydrogens is 408 g/mol. The molecule has 0 N–H and O–H groups in total. The molecule has 0 aliphatic carbocycles. The number of benzene rings is 4. The van der Waals surface area contributed by atoms with Gasteiger partial charge in [-0.3, -0.25) is 0 Å². The Labute approximate surface area is 215 Å². The highest BCUT2D eigenvalue weighted by Gasteiger charge is 1.86. The van der Waals surface area contributed by atoms with Gasteiger partial charge >= 0.3 is 0 Å². The van der Waals surface area contributed by atoms with Gasteiger partial charge in [-0.2, -0.15) is 0 Å². The quantitative estimate of drug-likeness (QED) is 0.242. The summed E-state index contributed by atoms with van der Waals surface area (Å²) in [5.41, 5.74) is 0. The van der Waals surface area contributed by atoms with E-state index in [1.54, 1.807) is 0 Å². The highest BCUT2D eigenvalue weighted by Crippen LogP contribution is 2.12. The van der Waals surface area contributed by atoms with Crippen LogP contribution < -0.4 is 0 Å². The maximum absolute atomic E-state index is 2.12. The SMILES string of the molecule is C.CC.CC.CC.CC.CC.CCC.c1ccc2ccccc2c1.c1ccc2ccccc2c1. The molecule has 0 aromatic heterocycles. The predicted molar refractivity (Wildman–Crippen MR) is 167 cm³/mol. The minimum atomic E-state index is 0. The van der Waals surface area contributed by atoms with Crippen molar-refractivity contribution in [2.75, 3.05) is 0 Å². The van der Waals surface area contributed by atoms with Crippen molar-refractivity contribution in [2.45, 2.75) is 96.9 Å². The van der Waals surface area contributed by atoms with E-state index in [1.165, 1.54) is 28.0 Å². The summed E-state index contributed by atoms with van der Waals surface area (Å²) < 4.78 is 0. The molecule has 4 aromatic rings. The Morgan fingerprint density at radius 1 is 0.324 bits per heavy atom. The first-order chi connectivity index (χ1) is 16.3. The minimum absolute atomic E-state index is 0. The lowest BCUT2D eigenvalue weighted by atomic mass is 10.1. The van der Waals surface area contributed by atoms with Crippen LogP contribution in [0.5, 0.6) is 0 Å². The second-order valence-electron chi connectivity index (χ2n) is 5.40. The molecule has 0 amide bonds. The first-order valence-electron chi connectivity index (χ1n) is 13.2. The summed E-state index contributed by atoms with van der Waals surface area (Å²) in [6.45, 7) is 24.2. The van der Waals surface area contributed by atoms with Crippen LogP contribution in [0.4, 0.5) is 0 Å². The van der Waals surface area contributed by atoms with E-state index in [-0.39, 0.29) is 7.43 Å². The molecule has 0 heterocycles. The van der Waals surface area contributed by atoms with Gasteiger partial charge in [-0.25, -0.2) is 0 Å². The fourth-order valence-corrected chi connectivity index (χ4v) is 2.27. The molecule has 0 radical (unpaired) electrons. The highest BCUT2D eigenvalue weighted by molar-refractivity contribution is 5.82. The van der Waals surface area contributed by atoms with Gasteiger partial charge in [0.2, 0.25) is 0 Å². The van der Waals surface area contributed by atoms with Crippen molar-refractivity contribution < 1.29 is 0 Å². The van der Waals surface area contributed by atoms with Crippen LogP contribution in [0.3, 0.4) is 0 Å². The van der Waals surface area contributed by atoms with Crippen LogP contribution in [-0.2, 0) is 0 Å². The zero-order valence-electron chi connectivity index (χ0n) is 23.9. The van der Waals surface area contributed by atoms with Gasteiger partial charge in [0.15, 0.2) is 0 Å². The summed E-state index contributed by atoms with van der Waals surface area (Å²) >= 11 is 0. The number of hydrogen-bond donors (Lipinski definition) is 0. The third-order valence-corrected chi connectivity index (χ3v) is 3.32. The molecular formula is C34H58.